The van der Waals surface area contributed by atoms with Gasteiger partial charge in [0.1, 0.15) is 6.04 Å². The molecule has 0 amide bonds. The molecule has 0 bridgehead atoms. The molecule has 0 saturated carbocycles. The zero-order chi connectivity index (χ0) is 12.0. The second kappa shape index (κ2) is 6.28. The van der Waals surface area contributed by atoms with Gasteiger partial charge < -0.3 is 10.1 Å². The van der Waals surface area contributed by atoms with Crippen LogP contribution in [0.4, 0.5) is 0 Å². The molecule has 1 unspecified atom stereocenters. The highest BCUT2D eigenvalue weighted by atomic mass is 16.5. The Morgan fingerprint density at radius 3 is 2.56 bits per heavy atom. The Bertz CT molecular complexity index is 332. The molecule has 0 aromatic heterocycles. The van der Waals surface area contributed by atoms with Crippen LogP contribution in [0.5, 0.6) is 0 Å². The molecular weight excluding hydrogens is 202 g/mol. The topological polar surface area (TPSA) is 38.3 Å². The Morgan fingerprint density at radius 1 is 1.38 bits per heavy atom. The molecule has 1 N–H and O–H groups in total. The zero-order valence-electron chi connectivity index (χ0n) is 10.1. The second-order valence-electron chi connectivity index (χ2n) is 3.84. The van der Waals surface area contributed by atoms with Crippen LogP contribution in [0.25, 0.3) is 0 Å². The highest BCUT2D eigenvalue weighted by Crippen LogP contribution is 2.03. The van der Waals surface area contributed by atoms with Crippen molar-refractivity contribution in [3.63, 3.8) is 0 Å². The van der Waals surface area contributed by atoms with Gasteiger partial charge in [0.2, 0.25) is 0 Å². The monoisotopic (exact) mass is 221 g/mol. The van der Waals surface area contributed by atoms with Gasteiger partial charge in [-0.25, -0.2) is 0 Å². The Morgan fingerprint density at radius 2 is 2.00 bits per heavy atom. The molecule has 3 nitrogen and oxygen atoms in total. The van der Waals surface area contributed by atoms with Crippen LogP contribution in [-0.2, 0) is 16.1 Å². The Balaban J connectivity index is 2.39. The van der Waals surface area contributed by atoms with Crippen LogP contribution < -0.4 is 5.32 Å². The van der Waals surface area contributed by atoms with Gasteiger partial charge in [-0.3, -0.25) is 4.79 Å². The minimum absolute atomic E-state index is 0.199. The van der Waals surface area contributed by atoms with Crippen LogP contribution in [0.3, 0.4) is 0 Å². The third kappa shape index (κ3) is 4.03. The normalized spacial score (nSPS) is 12.2. The van der Waals surface area contributed by atoms with Gasteiger partial charge in [-0.05, 0) is 26.3 Å². The summed E-state index contributed by atoms with van der Waals surface area (Å²) >= 11 is 0. The summed E-state index contributed by atoms with van der Waals surface area (Å²) in [6.45, 7) is 6.78. The second-order valence-corrected chi connectivity index (χ2v) is 3.84. The first-order valence-corrected chi connectivity index (χ1v) is 5.59. The summed E-state index contributed by atoms with van der Waals surface area (Å²) in [5.41, 5.74) is 2.41. The van der Waals surface area contributed by atoms with E-state index in [-0.39, 0.29) is 12.0 Å². The molecule has 0 aliphatic heterocycles. The SMILES string of the molecule is CCOC(=O)C(C)NCc1ccc(C)cc1. The van der Waals surface area contributed by atoms with Gasteiger partial charge >= 0.3 is 5.97 Å². The van der Waals surface area contributed by atoms with Crippen LogP contribution in [-0.4, -0.2) is 18.6 Å². The van der Waals surface area contributed by atoms with Gasteiger partial charge in [-0.15, -0.1) is 0 Å². The molecule has 1 aromatic rings. The average molecular weight is 221 g/mol. The first-order valence-electron chi connectivity index (χ1n) is 5.59. The van der Waals surface area contributed by atoms with E-state index in [1.165, 1.54) is 11.1 Å². The van der Waals surface area contributed by atoms with E-state index in [0.717, 1.165) is 0 Å². The Kier molecular flexibility index (Phi) is 4.99. The molecule has 0 aliphatic rings. The van der Waals surface area contributed by atoms with Crippen molar-refractivity contribution in [2.24, 2.45) is 0 Å². The fraction of sp³-hybridized carbons (Fsp3) is 0.462. The van der Waals surface area contributed by atoms with Crippen LogP contribution in [0.15, 0.2) is 24.3 Å². The molecule has 0 fully saturated rings. The molecule has 88 valence electrons. The van der Waals surface area contributed by atoms with Crippen molar-refractivity contribution in [1.29, 1.82) is 0 Å². The number of nitrogens with one attached hydrogen (secondary N) is 1. The molecule has 0 spiro atoms. The van der Waals surface area contributed by atoms with Gasteiger partial charge in [0, 0.05) is 6.54 Å². The molecule has 0 aliphatic carbocycles. The average Bonchev–Trinajstić information content (AvgIpc) is 2.28. The van der Waals surface area contributed by atoms with E-state index in [9.17, 15) is 4.79 Å². The van der Waals surface area contributed by atoms with Crippen LogP contribution in [0.1, 0.15) is 25.0 Å². The maximum absolute atomic E-state index is 11.3. The minimum Gasteiger partial charge on any atom is -0.465 e. The molecule has 0 heterocycles. The predicted octanol–water partition coefficient (Wildman–Crippen LogP) is 2.04. The summed E-state index contributed by atoms with van der Waals surface area (Å²) in [7, 11) is 0. The lowest BCUT2D eigenvalue weighted by atomic mass is 10.1. The van der Waals surface area contributed by atoms with Crippen LogP contribution in [0.2, 0.25) is 0 Å². The summed E-state index contributed by atoms with van der Waals surface area (Å²) in [6.07, 6.45) is 0. The highest BCUT2D eigenvalue weighted by molar-refractivity contribution is 5.75. The van der Waals surface area contributed by atoms with E-state index < -0.39 is 0 Å². The number of carbonyl (C=O) groups is 1. The number of esters is 1. The van der Waals surface area contributed by atoms with Gasteiger partial charge in [-0.2, -0.15) is 0 Å². The summed E-state index contributed by atoms with van der Waals surface area (Å²) in [6, 6.07) is 7.97. The number of hydrogen-bond acceptors (Lipinski definition) is 3. The summed E-state index contributed by atoms with van der Waals surface area (Å²) in [5.74, 6) is -0.199. The third-order valence-corrected chi connectivity index (χ3v) is 2.37. The van der Waals surface area contributed by atoms with E-state index >= 15 is 0 Å². The summed E-state index contributed by atoms with van der Waals surface area (Å²) in [5, 5.41) is 3.13. The van der Waals surface area contributed by atoms with Crippen molar-refractivity contribution in [2.75, 3.05) is 6.61 Å². The van der Waals surface area contributed by atoms with Gasteiger partial charge in [0.15, 0.2) is 0 Å². The molecule has 1 aromatic carbocycles. The number of hydrogen-bond donors (Lipinski definition) is 1. The van der Waals surface area contributed by atoms with E-state index in [2.05, 4.69) is 36.5 Å². The van der Waals surface area contributed by atoms with Crippen molar-refractivity contribution >= 4 is 5.97 Å². The zero-order valence-corrected chi connectivity index (χ0v) is 10.1. The quantitative estimate of drug-likeness (QED) is 0.773. The van der Waals surface area contributed by atoms with E-state index in [1.54, 1.807) is 0 Å². The number of rotatable bonds is 5. The van der Waals surface area contributed by atoms with Crippen LogP contribution >= 0.6 is 0 Å². The molecule has 16 heavy (non-hydrogen) atoms. The summed E-state index contributed by atoms with van der Waals surface area (Å²) < 4.78 is 4.91. The van der Waals surface area contributed by atoms with Crippen molar-refractivity contribution in [2.45, 2.75) is 33.4 Å². The first-order chi connectivity index (χ1) is 7.63. The maximum Gasteiger partial charge on any atom is 0.322 e. The predicted molar refractivity (Wildman–Crippen MR) is 64.1 cm³/mol. The molecule has 0 radical (unpaired) electrons. The Hall–Kier alpha value is -1.35. The van der Waals surface area contributed by atoms with Crippen molar-refractivity contribution in [3.8, 4) is 0 Å². The number of aryl methyl sites for hydroxylation is 1. The maximum atomic E-state index is 11.3. The number of carbonyl (C=O) groups excluding carboxylic acids is 1. The highest BCUT2D eigenvalue weighted by Gasteiger charge is 2.12. The first kappa shape index (κ1) is 12.7. The lowest BCUT2D eigenvalue weighted by Crippen LogP contribution is -2.34. The van der Waals surface area contributed by atoms with Gasteiger partial charge in [-0.1, -0.05) is 29.8 Å². The largest absolute Gasteiger partial charge is 0.465 e. The molecule has 3 heteroatoms. The Labute approximate surface area is 96.8 Å². The minimum atomic E-state index is -0.263. The van der Waals surface area contributed by atoms with E-state index in [0.29, 0.717) is 13.2 Å². The molecule has 1 atom stereocenters. The lowest BCUT2D eigenvalue weighted by molar-refractivity contribution is -0.145. The fourth-order valence-electron chi connectivity index (χ4n) is 1.33. The fourth-order valence-corrected chi connectivity index (χ4v) is 1.33. The van der Waals surface area contributed by atoms with Crippen molar-refractivity contribution < 1.29 is 9.53 Å². The van der Waals surface area contributed by atoms with Gasteiger partial charge in [0.25, 0.3) is 0 Å². The van der Waals surface area contributed by atoms with Crippen molar-refractivity contribution in [1.82, 2.24) is 5.32 Å². The van der Waals surface area contributed by atoms with Crippen LogP contribution in [0, 0.1) is 6.92 Å². The number of benzene rings is 1. The molecule has 0 saturated heterocycles. The van der Waals surface area contributed by atoms with Gasteiger partial charge in [0.05, 0.1) is 6.61 Å². The number of ether oxygens (including phenoxy) is 1. The standard InChI is InChI=1S/C13H19NO2/c1-4-16-13(15)11(3)14-9-12-7-5-10(2)6-8-12/h5-8,11,14H,4,9H2,1-3H3. The summed E-state index contributed by atoms with van der Waals surface area (Å²) in [4.78, 5) is 11.3. The van der Waals surface area contributed by atoms with E-state index in [1.807, 2.05) is 13.8 Å². The molecule has 1 rings (SSSR count). The molecular formula is C13H19NO2. The van der Waals surface area contributed by atoms with Crippen molar-refractivity contribution in [3.05, 3.63) is 35.4 Å². The smallest absolute Gasteiger partial charge is 0.322 e. The van der Waals surface area contributed by atoms with E-state index in [4.69, 9.17) is 4.74 Å². The third-order valence-electron chi connectivity index (χ3n) is 2.37. The lowest BCUT2D eigenvalue weighted by Gasteiger charge is -2.12.